The van der Waals surface area contributed by atoms with E-state index < -0.39 is 11.7 Å². The number of benzene rings is 2. The van der Waals surface area contributed by atoms with Crippen molar-refractivity contribution in [1.29, 1.82) is 0 Å². The molecule has 0 bridgehead atoms. The van der Waals surface area contributed by atoms with Gasteiger partial charge in [-0.15, -0.1) is 0 Å². The van der Waals surface area contributed by atoms with Crippen LogP contribution in [-0.2, 0) is 19.0 Å². The summed E-state index contributed by atoms with van der Waals surface area (Å²) in [4.78, 5) is 0. The van der Waals surface area contributed by atoms with Crippen molar-refractivity contribution in [3.8, 4) is 11.1 Å². The Morgan fingerprint density at radius 1 is 1.00 bits per heavy atom. The van der Waals surface area contributed by atoms with Crippen LogP contribution in [0.3, 0.4) is 0 Å². The summed E-state index contributed by atoms with van der Waals surface area (Å²) >= 11 is 0. The fourth-order valence-corrected chi connectivity index (χ4v) is 2.88. The monoisotopic (exact) mass is 277 g/mol. The van der Waals surface area contributed by atoms with E-state index in [1.54, 1.807) is 12.1 Å². The van der Waals surface area contributed by atoms with Gasteiger partial charge in [0.15, 0.2) is 0 Å². The fourth-order valence-electron chi connectivity index (χ4n) is 2.88. The SMILES string of the molecule is Nc1ccc2c(c1-c1cccc(C(F)(F)F)c1)CCC2. The topological polar surface area (TPSA) is 26.0 Å². The maximum Gasteiger partial charge on any atom is 0.416 e. The number of nitrogens with two attached hydrogens (primary N) is 1. The summed E-state index contributed by atoms with van der Waals surface area (Å²) in [5.74, 6) is 0. The standard InChI is InChI=1S/C16H14F3N/c17-16(18,19)12-5-1-4-11(9-12)15-13-6-2-3-10(13)7-8-14(15)20/h1,4-5,7-9H,2-3,6,20H2. The molecule has 2 aromatic carbocycles. The summed E-state index contributed by atoms with van der Waals surface area (Å²) in [5.41, 5.74) is 9.54. The predicted octanol–water partition coefficient (Wildman–Crippen LogP) is 4.44. The van der Waals surface area contributed by atoms with Crippen molar-refractivity contribution in [2.24, 2.45) is 0 Å². The maximum absolute atomic E-state index is 12.8. The van der Waals surface area contributed by atoms with Gasteiger partial charge in [-0.3, -0.25) is 0 Å². The molecule has 0 aromatic heterocycles. The van der Waals surface area contributed by atoms with Gasteiger partial charge in [0, 0.05) is 11.3 Å². The van der Waals surface area contributed by atoms with E-state index >= 15 is 0 Å². The van der Waals surface area contributed by atoms with Gasteiger partial charge in [-0.2, -0.15) is 13.2 Å². The smallest absolute Gasteiger partial charge is 0.398 e. The van der Waals surface area contributed by atoms with E-state index in [1.165, 1.54) is 17.7 Å². The van der Waals surface area contributed by atoms with E-state index in [0.717, 1.165) is 36.5 Å². The van der Waals surface area contributed by atoms with Crippen LogP contribution in [0.2, 0.25) is 0 Å². The van der Waals surface area contributed by atoms with Gasteiger partial charge in [0.25, 0.3) is 0 Å². The molecule has 0 aliphatic heterocycles. The molecule has 2 aromatic rings. The molecule has 0 unspecified atom stereocenters. The molecular weight excluding hydrogens is 263 g/mol. The molecule has 4 heteroatoms. The average Bonchev–Trinajstić information content (AvgIpc) is 2.86. The first-order valence-corrected chi connectivity index (χ1v) is 6.54. The van der Waals surface area contributed by atoms with E-state index in [4.69, 9.17) is 5.73 Å². The number of alkyl halides is 3. The molecule has 0 radical (unpaired) electrons. The van der Waals surface area contributed by atoms with Crippen LogP contribution in [0, 0.1) is 0 Å². The van der Waals surface area contributed by atoms with Crippen molar-refractivity contribution in [3.63, 3.8) is 0 Å². The largest absolute Gasteiger partial charge is 0.416 e. The third-order valence-corrected chi connectivity index (χ3v) is 3.79. The Hall–Kier alpha value is -1.97. The number of fused-ring (bicyclic) bond motifs is 1. The van der Waals surface area contributed by atoms with Crippen LogP contribution in [0.5, 0.6) is 0 Å². The highest BCUT2D eigenvalue weighted by atomic mass is 19.4. The highest BCUT2D eigenvalue weighted by Crippen LogP contribution is 2.39. The van der Waals surface area contributed by atoms with Crippen LogP contribution in [0.15, 0.2) is 36.4 Å². The molecule has 0 saturated heterocycles. The lowest BCUT2D eigenvalue weighted by Crippen LogP contribution is -2.05. The van der Waals surface area contributed by atoms with Crippen molar-refractivity contribution < 1.29 is 13.2 Å². The molecule has 0 heterocycles. The molecule has 1 aliphatic carbocycles. The Balaban J connectivity index is 2.17. The first-order valence-electron chi connectivity index (χ1n) is 6.54. The van der Waals surface area contributed by atoms with Crippen LogP contribution >= 0.6 is 0 Å². The number of aryl methyl sites for hydroxylation is 1. The quantitative estimate of drug-likeness (QED) is 0.766. The third-order valence-electron chi connectivity index (χ3n) is 3.79. The van der Waals surface area contributed by atoms with Gasteiger partial charge in [0.1, 0.15) is 0 Å². The van der Waals surface area contributed by atoms with Gasteiger partial charge in [0.05, 0.1) is 5.56 Å². The molecule has 2 N–H and O–H groups in total. The Morgan fingerprint density at radius 2 is 1.80 bits per heavy atom. The van der Waals surface area contributed by atoms with Crippen molar-refractivity contribution in [3.05, 3.63) is 53.1 Å². The van der Waals surface area contributed by atoms with Crippen LogP contribution in [0.25, 0.3) is 11.1 Å². The van der Waals surface area contributed by atoms with Crippen molar-refractivity contribution in [2.45, 2.75) is 25.4 Å². The Morgan fingerprint density at radius 3 is 2.55 bits per heavy atom. The molecule has 104 valence electrons. The fraction of sp³-hybridized carbons (Fsp3) is 0.250. The van der Waals surface area contributed by atoms with E-state index in [0.29, 0.717) is 11.3 Å². The second-order valence-corrected chi connectivity index (χ2v) is 5.10. The number of halogens is 3. The maximum atomic E-state index is 12.8. The van der Waals surface area contributed by atoms with Gasteiger partial charge >= 0.3 is 6.18 Å². The Bertz CT molecular complexity index is 659. The second-order valence-electron chi connectivity index (χ2n) is 5.10. The minimum atomic E-state index is -4.33. The summed E-state index contributed by atoms with van der Waals surface area (Å²) in [6, 6.07) is 9.17. The van der Waals surface area contributed by atoms with Gasteiger partial charge in [-0.05, 0) is 54.2 Å². The van der Waals surface area contributed by atoms with Gasteiger partial charge in [-0.1, -0.05) is 18.2 Å². The lowest BCUT2D eigenvalue weighted by atomic mass is 9.94. The molecule has 0 amide bonds. The minimum Gasteiger partial charge on any atom is -0.398 e. The summed E-state index contributed by atoms with van der Waals surface area (Å²) in [5, 5.41) is 0. The third kappa shape index (κ3) is 2.15. The zero-order chi connectivity index (χ0) is 14.3. The first kappa shape index (κ1) is 13.0. The van der Waals surface area contributed by atoms with E-state index in [2.05, 4.69) is 0 Å². The van der Waals surface area contributed by atoms with Crippen LogP contribution in [0.1, 0.15) is 23.1 Å². The number of hydrogen-bond acceptors (Lipinski definition) is 1. The molecule has 0 atom stereocenters. The molecular formula is C16H14F3N. The average molecular weight is 277 g/mol. The van der Waals surface area contributed by atoms with Gasteiger partial charge in [0.2, 0.25) is 0 Å². The number of nitrogen functional groups attached to an aromatic ring is 1. The highest BCUT2D eigenvalue weighted by molar-refractivity contribution is 5.81. The van der Waals surface area contributed by atoms with Crippen LogP contribution in [0.4, 0.5) is 18.9 Å². The summed E-state index contributed by atoms with van der Waals surface area (Å²) in [6.45, 7) is 0. The molecule has 0 saturated carbocycles. The minimum absolute atomic E-state index is 0.546. The summed E-state index contributed by atoms with van der Waals surface area (Å²) < 4.78 is 38.5. The van der Waals surface area contributed by atoms with Crippen LogP contribution < -0.4 is 5.73 Å². The molecule has 20 heavy (non-hydrogen) atoms. The zero-order valence-corrected chi connectivity index (χ0v) is 10.8. The molecule has 0 spiro atoms. The van der Waals surface area contributed by atoms with Gasteiger partial charge < -0.3 is 5.73 Å². The number of hydrogen-bond donors (Lipinski definition) is 1. The Labute approximate surface area is 115 Å². The predicted molar refractivity (Wildman–Crippen MR) is 73.3 cm³/mol. The molecule has 1 aliphatic rings. The second kappa shape index (κ2) is 4.54. The highest BCUT2D eigenvalue weighted by Gasteiger charge is 2.31. The normalized spacial score (nSPS) is 14.3. The van der Waals surface area contributed by atoms with Crippen LogP contribution in [-0.4, -0.2) is 0 Å². The summed E-state index contributed by atoms with van der Waals surface area (Å²) in [6.07, 6.45) is -1.44. The molecule has 3 rings (SSSR count). The number of rotatable bonds is 1. The molecule has 1 nitrogen and oxygen atoms in total. The lowest BCUT2D eigenvalue weighted by molar-refractivity contribution is -0.137. The van der Waals surface area contributed by atoms with E-state index in [9.17, 15) is 13.2 Å². The zero-order valence-electron chi connectivity index (χ0n) is 10.8. The number of anilines is 1. The van der Waals surface area contributed by atoms with E-state index in [-0.39, 0.29) is 0 Å². The first-order chi connectivity index (χ1) is 9.47. The van der Waals surface area contributed by atoms with Crippen molar-refractivity contribution in [1.82, 2.24) is 0 Å². The molecule has 0 fully saturated rings. The van der Waals surface area contributed by atoms with Crippen molar-refractivity contribution >= 4 is 5.69 Å². The van der Waals surface area contributed by atoms with Gasteiger partial charge in [-0.25, -0.2) is 0 Å². The Kier molecular flexibility index (Phi) is 2.96. The van der Waals surface area contributed by atoms with Crippen molar-refractivity contribution in [2.75, 3.05) is 5.73 Å². The lowest BCUT2D eigenvalue weighted by Gasteiger charge is -2.14. The summed E-state index contributed by atoms with van der Waals surface area (Å²) in [7, 11) is 0. The van der Waals surface area contributed by atoms with E-state index in [1.807, 2.05) is 6.07 Å².